The lowest BCUT2D eigenvalue weighted by atomic mass is 9.65. The Labute approximate surface area is 92.6 Å². The second kappa shape index (κ2) is 4.18. The van der Waals surface area contributed by atoms with Crippen molar-refractivity contribution in [3.05, 3.63) is 36.5 Å². The Bertz CT molecular complexity index is 331. The number of hydrogen-bond acceptors (Lipinski definition) is 1. The number of carbonyl (C=O) groups excluding carboxylic acids is 1. The van der Waals surface area contributed by atoms with E-state index < -0.39 is 0 Å². The zero-order valence-corrected chi connectivity index (χ0v) is 10.1. The molecule has 1 nitrogen and oxygen atoms in total. The molecule has 2 atom stereocenters. The van der Waals surface area contributed by atoms with Gasteiger partial charge >= 0.3 is 0 Å². The first-order chi connectivity index (χ1) is 6.85. The molecule has 0 N–H and O–H groups in total. The molecule has 0 radical (unpaired) electrons. The summed E-state index contributed by atoms with van der Waals surface area (Å²) in [7, 11) is 0. The van der Waals surface area contributed by atoms with E-state index in [9.17, 15) is 4.79 Å². The molecule has 0 amide bonds. The first-order valence-corrected chi connectivity index (χ1v) is 5.42. The van der Waals surface area contributed by atoms with E-state index >= 15 is 0 Å². The molecular weight excluding hydrogens is 184 g/mol. The Hall–Kier alpha value is -1.11. The molecule has 0 fully saturated rings. The molecule has 15 heavy (non-hydrogen) atoms. The molecule has 0 bridgehead atoms. The van der Waals surface area contributed by atoms with Crippen LogP contribution in [0.5, 0.6) is 0 Å². The number of carbonyl (C=O) groups is 1. The van der Waals surface area contributed by atoms with Crippen LogP contribution in [0.3, 0.4) is 0 Å². The molecule has 1 aliphatic rings. The van der Waals surface area contributed by atoms with Crippen LogP contribution in [0.1, 0.15) is 27.7 Å². The van der Waals surface area contributed by atoms with Crippen molar-refractivity contribution in [1.82, 2.24) is 0 Å². The molecule has 2 unspecified atom stereocenters. The fraction of sp³-hybridized carbons (Fsp3) is 0.500. The van der Waals surface area contributed by atoms with E-state index in [1.807, 2.05) is 6.08 Å². The van der Waals surface area contributed by atoms with Gasteiger partial charge in [-0.2, -0.15) is 0 Å². The van der Waals surface area contributed by atoms with Crippen molar-refractivity contribution in [2.24, 2.45) is 17.3 Å². The molecule has 82 valence electrons. The first kappa shape index (κ1) is 12.0. The van der Waals surface area contributed by atoms with Gasteiger partial charge in [-0.15, -0.1) is 0 Å². The van der Waals surface area contributed by atoms with Crippen molar-refractivity contribution < 1.29 is 4.79 Å². The van der Waals surface area contributed by atoms with E-state index in [2.05, 4.69) is 39.5 Å². The van der Waals surface area contributed by atoms with Gasteiger partial charge in [-0.1, -0.05) is 45.6 Å². The minimum Gasteiger partial charge on any atom is -0.295 e. The smallest absolute Gasteiger partial charge is 0.152 e. The summed E-state index contributed by atoms with van der Waals surface area (Å²) in [6, 6.07) is 0. The zero-order valence-electron chi connectivity index (χ0n) is 10.1. The Balaban J connectivity index is 2.99. The van der Waals surface area contributed by atoms with Crippen LogP contribution in [0.4, 0.5) is 0 Å². The van der Waals surface area contributed by atoms with Gasteiger partial charge in [0.2, 0.25) is 0 Å². The maximum absolute atomic E-state index is 11.0. The SMILES string of the molecule is C=C1C=CC(C)C(C=CC(C)=O)C1(C)C. The molecular formula is C14H20O. The van der Waals surface area contributed by atoms with Crippen LogP contribution in [-0.4, -0.2) is 5.78 Å². The first-order valence-electron chi connectivity index (χ1n) is 5.42. The van der Waals surface area contributed by atoms with Crippen molar-refractivity contribution in [2.75, 3.05) is 0 Å². The van der Waals surface area contributed by atoms with E-state index in [-0.39, 0.29) is 11.2 Å². The highest BCUT2D eigenvalue weighted by Crippen LogP contribution is 2.43. The lowest BCUT2D eigenvalue weighted by Crippen LogP contribution is -2.31. The van der Waals surface area contributed by atoms with Crippen LogP contribution >= 0.6 is 0 Å². The third kappa shape index (κ3) is 2.47. The highest BCUT2D eigenvalue weighted by Gasteiger charge is 2.35. The van der Waals surface area contributed by atoms with Crippen LogP contribution in [0.2, 0.25) is 0 Å². The summed E-state index contributed by atoms with van der Waals surface area (Å²) in [6.07, 6.45) is 7.97. The second-order valence-electron chi connectivity index (χ2n) is 4.96. The third-order valence-corrected chi connectivity index (χ3v) is 3.37. The predicted molar refractivity (Wildman–Crippen MR) is 64.5 cm³/mol. The summed E-state index contributed by atoms with van der Waals surface area (Å²) in [5.74, 6) is 0.929. The molecule has 0 aromatic rings. The number of ketones is 1. The van der Waals surface area contributed by atoms with Crippen molar-refractivity contribution >= 4 is 5.78 Å². The number of rotatable bonds is 2. The van der Waals surface area contributed by atoms with Gasteiger partial charge < -0.3 is 0 Å². The topological polar surface area (TPSA) is 17.1 Å². The average Bonchev–Trinajstić information content (AvgIpc) is 2.11. The van der Waals surface area contributed by atoms with Crippen LogP contribution < -0.4 is 0 Å². The van der Waals surface area contributed by atoms with Gasteiger partial charge in [0, 0.05) is 0 Å². The Kier molecular flexibility index (Phi) is 3.33. The average molecular weight is 204 g/mol. The molecule has 1 heteroatoms. The van der Waals surface area contributed by atoms with Crippen molar-refractivity contribution in [3.8, 4) is 0 Å². The third-order valence-electron chi connectivity index (χ3n) is 3.37. The van der Waals surface area contributed by atoms with Gasteiger partial charge in [-0.25, -0.2) is 0 Å². The molecule has 0 aromatic carbocycles. The van der Waals surface area contributed by atoms with Gasteiger partial charge in [-0.3, -0.25) is 4.79 Å². The molecule has 0 saturated carbocycles. The van der Waals surface area contributed by atoms with E-state index in [4.69, 9.17) is 0 Å². The van der Waals surface area contributed by atoms with Gasteiger partial charge in [-0.05, 0) is 35.8 Å². The van der Waals surface area contributed by atoms with E-state index in [0.29, 0.717) is 11.8 Å². The molecule has 0 aliphatic heterocycles. The molecule has 0 aromatic heterocycles. The summed E-state index contributed by atoms with van der Waals surface area (Å²) in [5.41, 5.74) is 1.18. The van der Waals surface area contributed by atoms with Crippen LogP contribution in [-0.2, 0) is 4.79 Å². The Morgan fingerprint density at radius 2 is 2.13 bits per heavy atom. The summed E-state index contributed by atoms with van der Waals surface area (Å²) >= 11 is 0. The summed E-state index contributed by atoms with van der Waals surface area (Å²) in [5, 5.41) is 0. The number of hydrogen-bond donors (Lipinski definition) is 0. The lowest BCUT2D eigenvalue weighted by Gasteiger charge is -2.39. The fourth-order valence-electron chi connectivity index (χ4n) is 2.13. The summed E-state index contributed by atoms with van der Waals surface area (Å²) in [4.78, 5) is 11.0. The minimum absolute atomic E-state index is 0.0418. The number of allylic oxidation sites excluding steroid dienone is 5. The fourth-order valence-corrected chi connectivity index (χ4v) is 2.13. The monoisotopic (exact) mass is 204 g/mol. The summed E-state index contributed by atoms with van der Waals surface area (Å²) < 4.78 is 0. The molecule has 0 saturated heterocycles. The Morgan fingerprint density at radius 1 is 1.53 bits per heavy atom. The molecule has 1 rings (SSSR count). The molecule has 0 spiro atoms. The van der Waals surface area contributed by atoms with E-state index in [1.165, 1.54) is 0 Å². The van der Waals surface area contributed by atoms with Gasteiger partial charge in [0.15, 0.2) is 5.78 Å². The van der Waals surface area contributed by atoms with Crippen molar-refractivity contribution in [3.63, 3.8) is 0 Å². The van der Waals surface area contributed by atoms with Crippen molar-refractivity contribution in [2.45, 2.75) is 27.7 Å². The Morgan fingerprint density at radius 3 is 2.67 bits per heavy atom. The van der Waals surface area contributed by atoms with Gasteiger partial charge in [0.1, 0.15) is 0 Å². The normalized spacial score (nSPS) is 29.7. The van der Waals surface area contributed by atoms with E-state index in [1.54, 1.807) is 13.0 Å². The highest BCUT2D eigenvalue weighted by molar-refractivity contribution is 5.87. The minimum atomic E-state index is 0.0418. The van der Waals surface area contributed by atoms with Crippen LogP contribution in [0.25, 0.3) is 0 Å². The lowest BCUT2D eigenvalue weighted by molar-refractivity contribution is -0.112. The summed E-state index contributed by atoms with van der Waals surface area (Å²) in [6.45, 7) is 12.2. The van der Waals surface area contributed by atoms with Crippen LogP contribution in [0, 0.1) is 17.3 Å². The standard InChI is InChI=1S/C14H20O/c1-10-6-7-11(2)14(4,5)13(10)9-8-12(3)15/h6-10,13H,2H2,1,3-5H3. The predicted octanol–water partition coefficient (Wildman–Crippen LogP) is 3.54. The van der Waals surface area contributed by atoms with Crippen LogP contribution in [0.15, 0.2) is 36.5 Å². The largest absolute Gasteiger partial charge is 0.295 e. The van der Waals surface area contributed by atoms with Gasteiger partial charge in [0.25, 0.3) is 0 Å². The van der Waals surface area contributed by atoms with Crippen molar-refractivity contribution in [1.29, 1.82) is 0 Å². The van der Waals surface area contributed by atoms with E-state index in [0.717, 1.165) is 5.57 Å². The van der Waals surface area contributed by atoms with Gasteiger partial charge in [0.05, 0.1) is 0 Å². The maximum Gasteiger partial charge on any atom is 0.152 e. The zero-order chi connectivity index (χ0) is 11.6. The quantitative estimate of drug-likeness (QED) is 0.629. The second-order valence-corrected chi connectivity index (χ2v) is 4.96. The molecule has 1 aliphatic carbocycles. The molecule has 0 heterocycles. The highest BCUT2D eigenvalue weighted by atomic mass is 16.1. The maximum atomic E-state index is 11.0.